The number of carboxylic acids is 1. The van der Waals surface area contributed by atoms with E-state index in [1.54, 1.807) is 18.2 Å². The largest absolute Gasteiger partial charge is 0.507 e. The lowest BCUT2D eigenvalue weighted by atomic mass is 10.0. The molecule has 1 aliphatic rings. The van der Waals surface area contributed by atoms with E-state index in [2.05, 4.69) is 0 Å². The van der Waals surface area contributed by atoms with Crippen LogP contribution >= 0.6 is 0 Å². The van der Waals surface area contributed by atoms with E-state index in [0.717, 1.165) is 5.56 Å². The van der Waals surface area contributed by atoms with Gasteiger partial charge >= 0.3 is 5.97 Å². The van der Waals surface area contributed by atoms with Crippen molar-refractivity contribution in [2.24, 2.45) is 0 Å². The van der Waals surface area contributed by atoms with E-state index in [1.165, 1.54) is 12.1 Å². The molecule has 96 valence electrons. The van der Waals surface area contributed by atoms with Crippen molar-refractivity contribution in [3.05, 3.63) is 42.0 Å². The van der Waals surface area contributed by atoms with Crippen LogP contribution in [0.25, 0.3) is 11.1 Å². The van der Waals surface area contributed by atoms with Gasteiger partial charge in [0.25, 0.3) is 0 Å². The second kappa shape index (κ2) is 4.20. The van der Waals surface area contributed by atoms with Crippen molar-refractivity contribution in [2.75, 3.05) is 6.79 Å². The van der Waals surface area contributed by atoms with Crippen LogP contribution in [0.5, 0.6) is 17.2 Å². The molecule has 0 aliphatic carbocycles. The van der Waals surface area contributed by atoms with Gasteiger partial charge in [0.15, 0.2) is 11.5 Å². The predicted molar refractivity (Wildman–Crippen MR) is 66.6 cm³/mol. The van der Waals surface area contributed by atoms with Crippen LogP contribution in [-0.4, -0.2) is 23.0 Å². The second-order valence-corrected chi connectivity index (χ2v) is 4.11. The summed E-state index contributed by atoms with van der Waals surface area (Å²) in [6, 6.07) is 9.82. The minimum absolute atomic E-state index is 0.121. The van der Waals surface area contributed by atoms with Crippen molar-refractivity contribution in [2.45, 2.75) is 0 Å². The Morgan fingerprint density at radius 3 is 2.42 bits per heavy atom. The number of hydrogen-bond donors (Lipinski definition) is 2. The average Bonchev–Trinajstić information content (AvgIpc) is 2.85. The van der Waals surface area contributed by atoms with Gasteiger partial charge in [-0.2, -0.15) is 0 Å². The molecule has 0 aromatic heterocycles. The van der Waals surface area contributed by atoms with Gasteiger partial charge in [-0.05, 0) is 35.4 Å². The molecule has 0 saturated carbocycles. The topological polar surface area (TPSA) is 76.0 Å². The van der Waals surface area contributed by atoms with E-state index in [4.69, 9.17) is 14.6 Å². The molecule has 1 heterocycles. The Balaban J connectivity index is 2.03. The number of aromatic carboxylic acids is 1. The van der Waals surface area contributed by atoms with E-state index in [-0.39, 0.29) is 18.1 Å². The van der Waals surface area contributed by atoms with Gasteiger partial charge < -0.3 is 19.7 Å². The number of rotatable bonds is 2. The molecule has 0 amide bonds. The van der Waals surface area contributed by atoms with Crippen LogP contribution in [0, 0.1) is 0 Å². The van der Waals surface area contributed by atoms with E-state index < -0.39 is 5.97 Å². The molecular formula is C14H10O5. The van der Waals surface area contributed by atoms with Gasteiger partial charge in [-0.15, -0.1) is 0 Å². The zero-order chi connectivity index (χ0) is 13.4. The number of phenols is 1. The van der Waals surface area contributed by atoms with Crippen LogP contribution in [0.3, 0.4) is 0 Å². The van der Waals surface area contributed by atoms with Gasteiger partial charge in [0, 0.05) is 0 Å². The summed E-state index contributed by atoms with van der Waals surface area (Å²) >= 11 is 0. The van der Waals surface area contributed by atoms with Crippen LogP contribution in [0.2, 0.25) is 0 Å². The molecule has 5 heteroatoms. The van der Waals surface area contributed by atoms with E-state index in [1.807, 2.05) is 6.07 Å². The maximum absolute atomic E-state index is 10.8. The quantitative estimate of drug-likeness (QED) is 0.865. The molecular weight excluding hydrogens is 248 g/mol. The third-order valence-electron chi connectivity index (χ3n) is 2.93. The smallest absolute Gasteiger partial charge is 0.339 e. The normalized spacial score (nSPS) is 12.4. The summed E-state index contributed by atoms with van der Waals surface area (Å²) in [7, 11) is 0. The molecule has 0 spiro atoms. The minimum atomic E-state index is -1.16. The zero-order valence-corrected chi connectivity index (χ0v) is 9.79. The summed E-state index contributed by atoms with van der Waals surface area (Å²) in [6.07, 6.45) is 0. The Morgan fingerprint density at radius 1 is 1.00 bits per heavy atom. The van der Waals surface area contributed by atoms with E-state index in [9.17, 15) is 9.90 Å². The third-order valence-corrected chi connectivity index (χ3v) is 2.93. The summed E-state index contributed by atoms with van der Waals surface area (Å²) in [5.74, 6) is -0.105. The number of ether oxygens (including phenoxy) is 2. The molecule has 19 heavy (non-hydrogen) atoms. The van der Waals surface area contributed by atoms with Crippen LogP contribution in [0.15, 0.2) is 36.4 Å². The minimum Gasteiger partial charge on any atom is -0.507 e. The van der Waals surface area contributed by atoms with Crippen molar-refractivity contribution in [3.8, 4) is 28.4 Å². The van der Waals surface area contributed by atoms with Crippen LogP contribution in [0.4, 0.5) is 0 Å². The van der Waals surface area contributed by atoms with Crippen molar-refractivity contribution >= 4 is 5.97 Å². The van der Waals surface area contributed by atoms with Crippen LogP contribution in [0.1, 0.15) is 10.4 Å². The summed E-state index contributed by atoms with van der Waals surface area (Å²) in [6.45, 7) is 0.196. The molecule has 0 saturated heterocycles. The number of benzene rings is 2. The van der Waals surface area contributed by atoms with Gasteiger partial charge in [0.2, 0.25) is 6.79 Å². The van der Waals surface area contributed by atoms with E-state index in [0.29, 0.717) is 17.1 Å². The lowest BCUT2D eigenvalue weighted by Gasteiger charge is -2.06. The Kier molecular flexibility index (Phi) is 2.52. The summed E-state index contributed by atoms with van der Waals surface area (Å²) in [5.41, 5.74) is 1.40. The number of carbonyl (C=O) groups is 1. The highest BCUT2D eigenvalue weighted by molar-refractivity contribution is 5.91. The molecule has 0 radical (unpaired) electrons. The van der Waals surface area contributed by atoms with Crippen molar-refractivity contribution in [3.63, 3.8) is 0 Å². The molecule has 0 fully saturated rings. The van der Waals surface area contributed by atoms with Crippen molar-refractivity contribution < 1.29 is 24.5 Å². The Bertz CT molecular complexity index is 663. The molecule has 0 bridgehead atoms. The maximum atomic E-state index is 10.8. The van der Waals surface area contributed by atoms with Gasteiger partial charge in [0.1, 0.15) is 11.3 Å². The summed E-state index contributed by atoms with van der Waals surface area (Å²) in [5, 5.41) is 18.5. The monoisotopic (exact) mass is 258 g/mol. The first-order valence-electron chi connectivity index (χ1n) is 5.61. The number of carboxylic acid groups (broad SMARTS) is 1. The Labute approximate surface area is 108 Å². The fraction of sp³-hybridized carbons (Fsp3) is 0.0714. The Hall–Kier alpha value is -2.69. The first-order valence-corrected chi connectivity index (χ1v) is 5.61. The van der Waals surface area contributed by atoms with Gasteiger partial charge in [-0.3, -0.25) is 0 Å². The molecule has 2 aromatic carbocycles. The molecule has 1 aliphatic heterocycles. The standard InChI is InChI=1S/C14H10O5/c15-11-5-8(1-3-10(11)14(16)17)9-2-4-12-13(6-9)19-7-18-12/h1-6,15H,7H2,(H,16,17). The SMILES string of the molecule is O=C(O)c1ccc(-c2ccc3c(c2)OCO3)cc1O. The van der Waals surface area contributed by atoms with Crippen molar-refractivity contribution in [1.29, 1.82) is 0 Å². The lowest BCUT2D eigenvalue weighted by Crippen LogP contribution is -1.96. The highest BCUT2D eigenvalue weighted by atomic mass is 16.7. The molecule has 5 nitrogen and oxygen atoms in total. The average molecular weight is 258 g/mol. The first-order chi connectivity index (χ1) is 9.15. The molecule has 3 rings (SSSR count). The summed E-state index contributed by atoms with van der Waals surface area (Å²) < 4.78 is 10.5. The van der Waals surface area contributed by atoms with Gasteiger partial charge in [-0.1, -0.05) is 12.1 Å². The second-order valence-electron chi connectivity index (χ2n) is 4.11. The number of fused-ring (bicyclic) bond motifs is 1. The maximum Gasteiger partial charge on any atom is 0.339 e. The van der Waals surface area contributed by atoms with Gasteiger partial charge in [0.05, 0.1) is 0 Å². The number of hydrogen-bond acceptors (Lipinski definition) is 4. The lowest BCUT2D eigenvalue weighted by molar-refractivity contribution is 0.0694. The zero-order valence-electron chi connectivity index (χ0n) is 9.79. The van der Waals surface area contributed by atoms with Gasteiger partial charge in [-0.25, -0.2) is 4.79 Å². The molecule has 0 unspecified atom stereocenters. The predicted octanol–water partition coefficient (Wildman–Crippen LogP) is 2.49. The van der Waals surface area contributed by atoms with Crippen LogP contribution < -0.4 is 9.47 Å². The first kappa shape index (κ1) is 11.4. The van der Waals surface area contributed by atoms with Crippen molar-refractivity contribution in [1.82, 2.24) is 0 Å². The fourth-order valence-electron chi connectivity index (χ4n) is 1.97. The van der Waals surface area contributed by atoms with E-state index >= 15 is 0 Å². The van der Waals surface area contributed by atoms with Crippen LogP contribution in [-0.2, 0) is 0 Å². The highest BCUT2D eigenvalue weighted by Gasteiger charge is 2.15. The summed E-state index contributed by atoms with van der Waals surface area (Å²) in [4.78, 5) is 10.8. The third kappa shape index (κ3) is 1.95. The highest BCUT2D eigenvalue weighted by Crippen LogP contribution is 2.36. The number of aromatic hydroxyl groups is 1. The fourth-order valence-corrected chi connectivity index (χ4v) is 1.97. The molecule has 0 atom stereocenters. The molecule has 2 N–H and O–H groups in total. The molecule has 2 aromatic rings. The Morgan fingerprint density at radius 2 is 1.68 bits per heavy atom.